The summed E-state index contributed by atoms with van der Waals surface area (Å²) in [4.78, 5) is 25.2. The van der Waals surface area contributed by atoms with E-state index in [1.807, 2.05) is 13.8 Å². The van der Waals surface area contributed by atoms with Crippen molar-refractivity contribution >= 4 is 11.9 Å². The van der Waals surface area contributed by atoms with E-state index in [-0.39, 0.29) is 64.7 Å². The van der Waals surface area contributed by atoms with E-state index in [1.165, 1.54) is 13.8 Å². The lowest BCUT2D eigenvalue weighted by Gasteiger charge is -2.65. The third-order valence-electron chi connectivity index (χ3n) is 16.6. The van der Waals surface area contributed by atoms with Gasteiger partial charge in [-0.25, -0.2) is 0 Å². The molecule has 0 radical (unpaired) electrons. The first kappa shape index (κ1) is 36.6. The molecule has 0 aromatic heterocycles. The zero-order chi connectivity index (χ0) is 37.1. The summed E-state index contributed by atoms with van der Waals surface area (Å²) < 4.78 is 38.4. The Morgan fingerprint density at radius 3 is 2.20 bits per heavy atom. The molecule has 12 nitrogen and oxygen atoms in total. The molecule has 0 aromatic carbocycles. The highest BCUT2D eigenvalue weighted by molar-refractivity contribution is 5.67. The molecule has 0 amide bonds. The molecular weight excluding hydrogens is 660 g/mol. The van der Waals surface area contributed by atoms with E-state index in [0.717, 1.165) is 32.1 Å². The van der Waals surface area contributed by atoms with Crippen molar-refractivity contribution in [2.75, 3.05) is 6.61 Å². The molecule has 3 spiro atoms. The van der Waals surface area contributed by atoms with Crippen molar-refractivity contribution in [1.29, 1.82) is 0 Å². The van der Waals surface area contributed by atoms with Gasteiger partial charge in [0.2, 0.25) is 0 Å². The van der Waals surface area contributed by atoms with Crippen molar-refractivity contribution in [3.63, 3.8) is 0 Å². The molecule has 4 N–H and O–H groups in total. The maximum atomic E-state index is 13.0. The van der Waals surface area contributed by atoms with Gasteiger partial charge < -0.3 is 48.8 Å². The third kappa shape index (κ3) is 4.42. The van der Waals surface area contributed by atoms with E-state index in [0.29, 0.717) is 12.8 Å². The number of hydrogen-bond acceptors (Lipinski definition) is 12. The first-order valence-electron chi connectivity index (χ1n) is 19.4. The number of aliphatic hydroxyl groups is 4. The largest absolute Gasteiger partial charge is 0.462 e. The van der Waals surface area contributed by atoms with Gasteiger partial charge >= 0.3 is 11.9 Å². The molecule has 3 heterocycles. The van der Waals surface area contributed by atoms with Crippen LogP contribution in [0.5, 0.6) is 0 Å². The molecular formula is C39H60O12. The van der Waals surface area contributed by atoms with Crippen LogP contribution in [0.15, 0.2) is 0 Å². The van der Waals surface area contributed by atoms with Gasteiger partial charge in [0.1, 0.15) is 42.2 Å². The summed E-state index contributed by atoms with van der Waals surface area (Å²) >= 11 is 0. The Hall–Kier alpha value is -1.38. The normalized spacial score (nSPS) is 56.5. The van der Waals surface area contributed by atoms with E-state index >= 15 is 0 Å². The Balaban J connectivity index is 1.15. The van der Waals surface area contributed by atoms with E-state index in [2.05, 4.69) is 34.6 Å². The standard InChI is InChI=1S/C39H60O12/c1-18-14-22-30(34(6,7)49-20(3)41)51-39(50-22)29(18)36(9)26(47-19(2)40)15-38-17-37(38)13-12-25(48-31-28(44)27(43)21(42)16-46-31)33(4,5)23(37)10-11-24(38)35(36,8)32(39)45/h18,21-32,42-45H,10-17H2,1-9H3/t18-,21-,22-,23+,24+,25+,26-,27+,28-,29-,30+,31+,32-,35-,36-,37-,38+,39+/m1/s1. The summed E-state index contributed by atoms with van der Waals surface area (Å²) in [6.45, 7) is 17.5. The molecule has 5 aliphatic carbocycles. The number of carbonyl (C=O) groups excluding carboxylic acids is 2. The highest BCUT2D eigenvalue weighted by atomic mass is 16.8. The summed E-state index contributed by atoms with van der Waals surface area (Å²) in [5.74, 6) is -1.91. The number of aliphatic hydroxyl groups excluding tert-OH is 4. The van der Waals surface area contributed by atoms with E-state index in [4.69, 9.17) is 28.4 Å². The van der Waals surface area contributed by atoms with Crippen molar-refractivity contribution in [2.45, 2.75) is 174 Å². The number of esters is 2. The minimum absolute atomic E-state index is 0.0553. The summed E-state index contributed by atoms with van der Waals surface area (Å²) in [6, 6.07) is 0. The van der Waals surface area contributed by atoms with Gasteiger partial charge in [-0.15, -0.1) is 0 Å². The van der Waals surface area contributed by atoms with Crippen molar-refractivity contribution in [1.82, 2.24) is 0 Å². The van der Waals surface area contributed by atoms with Gasteiger partial charge in [-0.05, 0) is 92.8 Å². The number of rotatable bonds is 5. The molecule has 0 aromatic rings. The van der Waals surface area contributed by atoms with E-state index < -0.39 is 71.1 Å². The van der Waals surface area contributed by atoms with Crippen LogP contribution >= 0.6 is 0 Å². The molecule has 12 heteroatoms. The molecule has 8 fully saturated rings. The smallest absolute Gasteiger partial charge is 0.303 e. The number of hydrogen-bond donors (Lipinski definition) is 4. The second-order valence-corrected chi connectivity index (χ2v) is 19.5. The Bertz CT molecular complexity index is 1470. The summed E-state index contributed by atoms with van der Waals surface area (Å²) in [7, 11) is 0. The molecule has 51 heavy (non-hydrogen) atoms. The summed E-state index contributed by atoms with van der Waals surface area (Å²) in [5, 5.41) is 44.1. The van der Waals surface area contributed by atoms with E-state index in [9.17, 15) is 30.0 Å². The van der Waals surface area contributed by atoms with Gasteiger partial charge in [-0.2, -0.15) is 0 Å². The zero-order valence-electron chi connectivity index (χ0n) is 31.7. The van der Waals surface area contributed by atoms with Crippen LogP contribution in [0, 0.1) is 50.7 Å². The average Bonchev–Trinajstić information content (AvgIpc) is 3.52. The van der Waals surface area contributed by atoms with Crippen LogP contribution in [0.3, 0.4) is 0 Å². The Labute approximate surface area is 301 Å². The number of fused-ring (bicyclic) bond motifs is 4. The van der Waals surface area contributed by atoms with Crippen LogP contribution in [0.4, 0.5) is 0 Å². The van der Waals surface area contributed by atoms with Gasteiger partial charge in [0.25, 0.3) is 0 Å². The quantitative estimate of drug-likeness (QED) is 0.242. The second-order valence-electron chi connectivity index (χ2n) is 19.5. The minimum atomic E-state index is -1.35. The Kier molecular flexibility index (Phi) is 7.97. The molecule has 8 rings (SSSR count). The maximum absolute atomic E-state index is 13.0. The van der Waals surface area contributed by atoms with E-state index in [1.54, 1.807) is 0 Å². The molecule has 2 bridgehead atoms. The second kappa shape index (κ2) is 11.1. The lowest BCUT2D eigenvalue weighted by Crippen LogP contribution is -2.65. The van der Waals surface area contributed by atoms with Crippen LogP contribution in [0.2, 0.25) is 0 Å². The van der Waals surface area contributed by atoms with Gasteiger partial charge in [0.15, 0.2) is 12.1 Å². The highest BCUT2D eigenvalue weighted by Gasteiger charge is 2.90. The van der Waals surface area contributed by atoms with Crippen LogP contribution < -0.4 is 0 Å². The van der Waals surface area contributed by atoms with Crippen molar-refractivity contribution < 1.29 is 58.4 Å². The van der Waals surface area contributed by atoms with Crippen LogP contribution in [0.1, 0.15) is 107 Å². The SMILES string of the molecule is CC(=O)O[C@@H]1C[C@@]23C[C@@]24CC[C@H](O[C@@H]2OC[C@@H](O)[C@H](O)[C@H]2O)C(C)(C)[C@@H]4CC[C@H]3[C@]2(C)[C@@H](O)[C@]34O[C@H](C[C@@H](C)[C@@H]3[C@@]12C)[C@@H](C(C)(C)OC(C)=O)O4. The van der Waals surface area contributed by atoms with Gasteiger partial charge in [-0.3, -0.25) is 9.59 Å². The Morgan fingerprint density at radius 1 is 0.843 bits per heavy atom. The van der Waals surface area contributed by atoms with Crippen molar-refractivity contribution in [3.8, 4) is 0 Å². The molecule has 3 aliphatic heterocycles. The fourth-order valence-electron chi connectivity index (χ4n) is 14.7. The lowest BCUT2D eigenvalue weighted by atomic mass is 9.40. The van der Waals surface area contributed by atoms with Gasteiger partial charge in [-0.1, -0.05) is 34.6 Å². The Morgan fingerprint density at radius 2 is 1.53 bits per heavy atom. The van der Waals surface area contributed by atoms with Crippen molar-refractivity contribution in [2.24, 2.45) is 50.7 Å². The maximum Gasteiger partial charge on any atom is 0.303 e. The molecule has 18 atom stereocenters. The minimum Gasteiger partial charge on any atom is -0.462 e. The van der Waals surface area contributed by atoms with Crippen molar-refractivity contribution in [3.05, 3.63) is 0 Å². The summed E-state index contributed by atoms with van der Waals surface area (Å²) in [5.41, 5.74) is -2.95. The van der Waals surface area contributed by atoms with Crippen LogP contribution in [-0.4, -0.2) is 105 Å². The summed E-state index contributed by atoms with van der Waals surface area (Å²) in [6.07, 6.45) is -1.84. The van der Waals surface area contributed by atoms with Crippen LogP contribution in [0.25, 0.3) is 0 Å². The molecule has 5 saturated carbocycles. The predicted molar refractivity (Wildman–Crippen MR) is 179 cm³/mol. The number of ether oxygens (including phenoxy) is 6. The third-order valence-corrected chi connectivity index (χ3v) is 16.6. The van der Waals surface area contributed by atoms with Crippen LogP contribution in [-0.2, 0) is 38.0 Å². The fourth-order valence-corrected chi connectivity index (χ4v) is 14.7. The molecule has 288 valence electrons. The number of carbonyl (C=O) groups is 2. The van der Waals surface area contributed by atoms with Gasteiger partial charge in [0, 0.05) is 30.6 Å². The molecule has 8 aliphatic rings. The fraction of sp³-hybridized carbons (Fsp3) is 0.949. The first-order chi connectivity index (χ1) is 23.6. The monoisotopic (exact) mass is 720 g/mol. The highest BCUT2D eigenvalue weighted by Crippen LogP contribution is 2.90. The molecule has 0 unspecified atom stereocenters. The first-order valence-corrected chi connectivity index (χ1v) is 19.4. The predicted octanol–water partition coefficient (Wildman–Crippen LogP) is 3.23. The average molecular weight is 721 g/mol. The topological polar surface area (TPSA) is 170 Å². The lowest BCUT2D eigenvalue weighted by molar-refractivity contribution is -0.304. The molecule has 3 saturated heterocycles. The zero-order valence-corrected chi connectivity index (χ0v) is 31.7. The van der Waals surface area contributed by atoms with Gasteiger partial charge in [0.05, 0.1) is 18.8 Å².